The van der Waals surface area contributed by atoms with Crippen LogP contribution in [-0.4, -0.2) is 58.7 Å². The van der Waals surface area contributed by atoms with Crippen LogP contribution in [0.25, 0.3) is 0 Å². The van der Waals surface area contributed by atoms with E-state index < -0.39 is 53.6 Å². The molecule has 0 aromatic heterocycles. The molecule has 0 aliphatic carbocycles. The van der Waals surface area contributed by atoms with E-state index in [2.05, 4.69) is 0 Å². The Kier molecular flexibility index (Phi) is 5.76. The molecular formula is C9HF17O2. The summed E-state index contributed by atoms with van der Waals surface area (Å²) in [7, 11) is 0. The van der Waals surface area contributed by atoms with E-state index in [1.807, 2.05) is 0 Å². The molecule has 0 bridgehead atoms. The molecule has 168 valence electrons. The van der Waals surface area contributed by atoms with Crippen LogP contribution in [0, 0.1) is 0 Å². The predicted molar refractivity (Wildman–Crippen MR) is 48.3 cm³/mol. The third-order valence-electron chi connectivity index (χ3n) is 3.06. The molecule has 0 saturated heterocycles. The van der Waals surface area contributed by atoms with Crippen LogP contribution < -0.4 is 0 Å². The summed E-state index contributed by atoms with van der Waals surface area (Å²) < 4.78 is 215. The maximum atomic E-state index is 13.1. The quantitative estimate of drug-likeness (QED) is 0.557. The van der Waals surface area contributed by atoms with Crippen LogP contribution in [0.15, 0.2) is 0 Å². The van der Waals surface area contributed by atoms with Gasteiger partial charge in [0.05, 0.1) is 0 Å². The van der Waals surface area contributed by atoms with Crippen molar-refractivity contribution in [2.24, 2.45) is 0 Å². The number of rotatable bonds is 6. The molecule has 0 radical (unpaired) electrons. The van der Waals surface area contributed by atoms with Crippen molar-refractivity contribution in [2.45, 2.75) is 47.6 Å². The largest absolute Gasteiger partial charge is 0.477 e. The first-order valence-corrected chi connectivity index (χ1v) is 5.64. The zero-order valence-electron chi connectivity index (χ0n) is 11.8. The van der Waals surface area contributed by atoms with Crippen molar-refractivity contribution in [1.82, 2.24) is 0 Å². The van der Waals surface area contributed by atoms with E-state index in [-0.39, 0.29) is 0 Å². The minimum atomic E-state index is -8.89. The highest BCUT2D eigenvalue weighted by molar-refractivity contribution is 5.77. The molecule has 0 aliphatic rings. The van der Waals surface area contributed by atoms with Crippen molar-refractivity contribution in [2.75, 3.05) is 0 Å². The molecule has 1 N–H and O–H groups in total. The highest BCUT2D eigenvalue weighted by Crippen LogP contribution is 2.65. The summed E-state index contributed by atoms with van der Waals surface area (Å²) >= 11 is 0. The Morgan fingerprint density at radius 3 is 0.929 bits per heavy atom. The first-order valence-electron chi connectivity index (χ1n) is 5.64. The van der Waals surface area contributed by atoms with Crippen molar-refractivity contribution < 1.29 is 84.5 Å². The van der Waals surface area contributed by atoms with Gasteiger partial charge >= 0.3 is 53.6 Å². The second-order valence-corrected chi connectivity index (χ2v) is 4.83. The minimum Gasteiger partial charge on any atom is -0.477 e. The van der Waals surface area contributed by atoms with Crippen LogP contribution >= 0.6 is 0 Å². The van der Waals surface area contributed by atoms with E-state index in [0.717, 1.165) is 0 Å². The summed E-state index contributed by atoms with van der Waals surface area (Å²) in [5.41, 5.74) is -8.64. The minimum absolute atomic E-state index is 4.41. The zero-order chi connectivity index (χ0) is 23.6. The smallest absolute Gasteiger partial charge is 0.438 e. The van der Waals surface area contributed by atoms with E-state index >= 15 is 0 Å². The molecule has 28 heavy (non-hydrogen) atoms. The molecule has 0 spiro atoms. The van der Waals surface area contributed by atoms with Crippen LogP contribution in [0.4, 0.5) is 74.6 Å². The third kappa shape index (κ3) is 2.91. The second-order valence-electron chi connectivity index (χ2n) is 4.83. The van der Waals surface area contributed by atoms with Gasteiger partial charge in [-0.15, -0.1) is 0 Å². The number of halogens is 17. The average molecular weight is 464 g/mol. The fourth-order valence-corrected chi connectivity index (χ4v) is 1.46. The van der Waals surface area contributed by atoms with Gasteiger partial charge in [-0.3, -0.25) is 0 Å². The number of hydrogen-bond donors (Lipinski definition) is 1. The fraction of sp³-hybridized carbons (Fsp3) is 0.889. The first kappa shape index (κ1) is 26.3. The molecule has 2 nitrogen and oxygen atoms in total. The van der Waals surface area contributed by atoms with Gasteiger partial charge in [0, 0.05) is 0 Å². The molecule has 0 atom stereocenters. The van der Waals surface area contributed by atoms with Gasteiger partial charge in [-0.05, 0) is 0 Å². The van der Waals surface area contributed by atoms with Gasteiger partial charge in [0.1, 0.15) is 0 Å². The van der Waals surface area contributed by atoms with Crippen LogP contribution in [0.3, 0.4) is 0 Å². The molecule has 0 heterocycles. The van der Waals surface area contributed by atoms with Crippen LogP contribution in [0.1, 0.15) is 0 Å². The summed E-state index contributed by atoms with van der Waals surface area (Å²) in [6, 6.07) is 0. The van der Waals surface area contributed by atoms with Crippen molar-refractivity contribution in [3.63, 3.8) is 0 Å². The van der Waals surface area contributed by atoms with Gasteiger partial charge < -0.3 is 5.11 Å². The Hall–Kier alpha value is -1.72. The van der Waals surface area contributed by atoms with E-state index in [9.17, 15) is 79.4 Å². The Labute approximate surface area is 139 Å². The summed E-state index contributed by atoms with van der Waals surface area (Å²) in [5.74, 6) is -46.5. The second kappa shape index (κ2) is 6.14. The highest BCUT2D eigenvalue weighted by Gasteiger charge is 2.97. The SMILES string of the molecule is O=C(O)C(F)(F)C(F)(F)C(F)(F)C(F)(F)C(F)(F)C(F)(C(F)(F)F)C(F)(F)F. The van der Waals surface area contributed by atoms with Crippen molar-refractivity contribution in [3.8, 4) is 0 Å². The maximum Gasteiger partial charge on any atom is 0.438 e. The molecule has 0 fully saturated rings. The number of alkyl halides is 17. The lowest BCUT2D eigenvalue weighted by atomic mass is 9.84. The molecule has 0 saturated carbocycles. The molecule has 0 unspecified atom stereocenters. The fourth-order valence-electron chi connectivity index (χ4n) is 1.46. The van der Waals surface area contributed by atoms with E-state index in [1.54, 1.807) is 0 Å². The standard InChI is InChI=1S/C9HF17O2/c10-2(11,1(27)28)4(13,14)6(17,18)7(19,20)5(15,16)3(12,8(21,22)23)9(24,25)26/h(H,27,28). The van der Waals surface area contributed by atoms with Gasteiger partial charge in [0.25, 0.3) is 0 Å². The highest BCUT2D eigenvalue weighted by atomic mass is 19.4. The van der Waals surface area contributed by atoms with Gasteiger partial charge in [0.2, 0.25) is 0 Å². The Morgan fingerprint density at radius 2 is 0.714 bits per heavy atom. The number of carboxylic acid groups (broad SMARTS) is 1. The lowest BCUT2D eigenvalue weighted by molar-refractivity contribution is -0.464. The predicted octanol–water partition coefficient (Wildman–Crippen LogP) is 5.08. The molecule has 0 aromatic carbocycles. The zero-order valence-corrected chi connectivity index (χ0v) is 11.8. The summed E-state index contributed by atoms with van der Waals surface area (Å²) in [6.45, 7) is 0. The Balaban J connectivity index is 6.99. The average Bonchev–Trinajstić information content (AvgIpc) is 2.42. The van der Waals surface area contributed by atoms with Crippen molar-refractivity contribution >= 4 is 5.97 Å². The van der Waals surface area contributed by atoms with Gasteiger partial charge in [-0.2, -0.15) is 70.2 Å². The molecule has 19 heteroatoms. The first-order chi connectivity index (χ1) is 11.7. The monoisotopic (exact) mass is 464 g/mol. The topological polar surface area (TPSA) is 37.3 Å². The van der Waals surface area contributed by atoms with Crippen LogP contribution in [0.5, 0.6) is 0 Å². The number of carbonyl (C=O) groups is 1. The lowest BCUT2D eigenvalue weighted by Gasteiger charge is -2.43. The van der Waals surface area contributed by atoms with Gasteiger partial charge in [-0.1, -0.05) is 0 Å². The molecule has 0 amide bonds. The van der Waals surface area contributed by atoms with Crippen molar-refractivity contribution in [1.29, 1.82) is 0 Å². The summed E-state index contributed by atoms with van der Waals surface area (Å²) in [5, 5.41) is 7.60. The summed E-state index contributed by atoms with van der Waals surface area (Å²) in [4.78, 5) is 9.78. The third-order valence-corrected chi connectivity index (χ3v) is 3.06. The van der Waals surface area contributed by atoms with Crippen LogP contribution in [0.2, 0.25) is 0 Å². The maximum absolute atomic E-state index is 13.1. The van der Waals surface area contributed by atoms with Gasteiger partial charge in [0.15, 0.2) is 0 Å². The number of carboxylic acids is 1. The molecule has 0 aromatic rings. The van der Waals surface area contributed by atoms with Crippen LogP contribution in [-0.2, 0) is 4.79 Å². The van der Waals surface area contributed by atoms with E-state index in [0.29, 0.717) is 0 Å². The van der Waals surface area contributed by atoms with Crippen molar-refractivity contribution in [3.05, 3.63) is 0 Å². The van der Waals surface area contributed by atoms with Gasteiger partial charge in [-0.25, -0.2) is 9.18 Å². The molecule has 0 aliphatic heterocycles. The lowest BCUT2D eigenvalue weighted by Crippen LogP contribution is -2.77. The Bertz CT molecular complexity index is 597. The summed E-state index contributed by atoms with van der Waals surface area (Å²) in [6.07, 6.45) is -16.4. The van der Waals surface area contributed by atoms with E-state index in [4.69, 9.17) is 5.11 Å². The number of hydrogen-bond acceptors (Lipinski definition) is 1. The Morgan fingerprint density at radius 1 is 0.464 bits per heavy atom. The van der Waals surface area contributed by atoms with E-state index in [1.165, 1.54) is 0 Å². The molecular weight excluding hydrogens is 463 g/mol. The normalized spacial score (nSPS) is 16.3. The molecule has 0 rings (SSSR count). The number of aliphatic carboxylic acids is 1.